The number of carbonyl (C=O) groups is 1. The molecule has 0 saturated carbocycles. The summed E-state index contributed by atoms with van der Waals surface area (Å²) in [6.07, 6.45) is 40.9. The van der Waals surface area contributed by atoms with Crippen molar-refractivity contribution in [2.75, 3.05) is 6.61 Å². The summed E-state index contributed by atoms with van der Waals surface area (Å²) < 4.78 is 0. The molecule has 0 aliphatic rings. The minimum atomic E-state index is -1.26. The van der Waals surface area contributed by atoms with Crippen molar-refractivity contribution in [3.05, 3.63) is 12.2 Å². The van der Waals surface area contributed by atoms with Gasteiger partial charge in [-0.3, -0.25) is 4.79 Å². The minimum Gasteiger partial charge on any atom is -0.394 e. The zero-order valence-electron chi connectivity index (χ0n) is 32.7. The van der Waals surface area contributed by atoms with Gasteiger partial charge in [-0.05, 0) is 38.5 Å². The fourth-order valence-corrected chi connectivity index (χ4v) is 6.75. The molecular weight excluding hydrogens is 610 g/mol. The normalized spacial score (nSPS) is 14.3. The van der Waals surface area contributed by atoms with Gasteiger partial charge in [-0.2, -0.15) is 0 Å². The van der Waals surface area contributed by atoms with Gasteiger partial charge in [-0.1, -0.05) is 199 Å². The smallest absolute Gasteiger partial charge is 0.249 e. The molecule has 0 aliphatic carbocycles. The van der Waals surface area contributed by atoms with Crippen molar-refractivity contribution in [3.8, 4) is 0 Å². The summed E-state index contributed by atoms with van der Waals surface area (Å²) in [6.45, 7) is 4.04. The predicted molar refractivity (Wildman–Crippen MR) is 210 cm³/mol. The quantitative estimate of drug-likeness (QED) is 0.0325. The van der Waals surface area contributed by atoms with Crippen LogP contribution in [0.25, 0.3) is 0 Å². The molecule has 4 unspecified atom stereocenters. The van der Waals surface area contributed by atoms with Crippen LogP contribution in [0.2, 0.25) is 0 Å². The molecule has 5 N–H and O–H groups in total. The fourth-order valence-electron chi connectivity index (χ4n) is 6.75. The van der Waals surface area contributed by atoms with E-state index in [0.29, 0.717) is 12.8 Å². The van der Waals surface area contributed by atoms with Gasteiger partial charge in [0.25, 0.3) is 0 Å². The summed E-state index contributed by atoms with van der Waals surface area (Å²) >= 11 is 0. The maximum Gasteiger partial charge on any atom is 0.249 e. The summed E-state index contributed by atoms with van der Waals surface area (Å²) in [5, 5.41) is 43.6. The molecule has 4 atom stereocenters. The van der Waals surface area contributed by atoms with Gasteiger partial charge in [-0.25, -0.2) is 0 Å². The number of hydrogen-bond donors (Lipinski definition) is 5. The van der Waals surface area contributed by atoms with Gasteiger partial charge in [-0.15, -0.1) is 0 Å². The second kappa shape index (κ2) is 38.3. The van der Waals surface area contributed by atoms with Crippen molar-refractivity contribution < 1.29 is 25.2 Å². The third-order valence-corrected chi connectivity index (χ3v) is 10.2. The molecule has 0 fully saturated rings. The Kier molecular flexibility index (Phi) is 37.5. The lowest BCUT2D eigenvalue weighted by Gasteiger charge is -2.27. The molecule has 0 saturated heterocycles. The van der Waals surface area contributed by atoms with E-state index in [9.17, 15) is 25.2 Å². The lowest BCUT2D eigenvalue weighted by Crippen LogP contribution is -2.53. The topological polar surface area (TPSA) is 110 Å². The third-order valence-electron chi connectivity index (χ3n) is 10.2. The van der Waals surface area contributed by atoms with E-state index >= 15 is 0 Å². The average molecular weight is 696 g/mol. The number of amides is 1. The van der Waals surface area contributed by atoms with Crippen LogP contribution in [0.5, 0.6) is 0 Å². The van der Waals surface area contributed by atoms with E-state index in [-0.39, 0.29) is 0 Å². The first-order valence-corrected chi connectivity index (χ1v) is 21.6. The molecule has 0 aromatic carbocycles. The van der Waals surface area contributed by atoms with E-state index < -0.39 is 36.9 Å². The van der Waals surface area contributed by atoms with Crippen molar-refractivity contribution in [2.45, 2.75) is 250 Å². The van der Waals surface area contributed by atoms with Crippen LogP contribution < -0.4 is 5.32 Å². The van der Waals surface area contributed by atoms with Gasteiger partial charge in [0.1, 0.15) is 12.2 Å². The summed E-state index contributed by atoms with van der Waals surface area (Å²) in [6, 6.07) is -0.983. The maximum absolute atomic E-state index is 12.5. The predicted octanol–water partition coefficient (Wildman–Crippen LogP) is 11.0. The summed E-state index contributed by atoms with van der Waals surface area (Å²) in [5.41, 5.74) is 0. The van der Waals surface area contributed by atoms with Gasteiger partial charge >= 0.3 is 0 Å². The highest BCUT2D eigenvalue weighted by atomic mass is 16.3. The van der Waals surface area contributed by atoms with Crippen LogP contribution in [0.15, 0.2) is 12.2 Å². The van der Waals surface area contributed by atoms with E-state index in [2.05, 4.69) is 31.3 Å². The third kappa shape index (κ3) is 32.7. The molecule has 0 heterocycles. The summed E-state index contributed by atoms with van der Waals surface area (Å²) in [4.78, 5) is 12.5. The number of unbranched alkanes of at least 4 members (excludes halogenated alkanes) is 28. The highest BCUT2D eigenvalue weighted by molar-refractivity contribution is 5.80. The number of aliphatic hydroxyl groups is 4. The number of hydrogen-bond acceptors (Lipinski definition) is 5. The second-order valence-corrected chi connectivity index (χ2v) is 15.0. The van der Waals surface area contributed by atoms with Gasteiger partial charge in [0.2, 0.25) is 5.91 Å². The molecule has 1 amide bonds. The molecule has 0 aliphatic heterocycles. The lowest BCUT2D eigenvalue weighted by molar-refractivity contribution is -0.132. The van der Waals surface area contributed by atoms with Crippen LogP contribution in [0.1, 0.15) is 226 Å². The van der Waals surface area contributed by atoms with Crippen molar-refractivity contribution in [1.82, 2.24) is 5.32 Å². The lowest BCUT2D eigenvalue weighted by atomic mass is 9.99. The highest BCUT2D eigenvalue weighted by Gasteiger charge is 2.28. The molecule has 0 bridgehead atoms. The molecule has 0 spiro atoms. The Hall–Kier alpha value is -0.950. The molecule has 6 nitrogen and oxygen atoms in total. The number of rotatable bonds is 39. The van der Waals surface area contributed by atoms with Crippen molar-refractivity contribution in [3.63, 3.8) is 0 Å². The monoisotopic (exact) mass is 696 g/mol. The van der Waals surface area contributed by atoms with Gasteiger partial charge < -0.3 is 25.7 Å². The Labute approximate surface area is 304 Å². The largest absolute Gasteiger partial charge is 0.394 e. The summed E-state index contributed by atoms with van der Waals surface area (Å²) in [7, 11) is 0. The Balaban J connectivity index is 3.72. The Morgan fingerprint density at radius 2 is 0.816 bits per heavy atom. The van der Waals surface area contributed by atoms with Crippen molar-refractivity contribution in [1.29, 1.82) is 0 Å². The van der Waals surface area contributed by atoms with E-state index in [0.717, 1.165) is 44.9 Å². The molecule has 0 aromatic heterocycles. The molecular formula is C43H85NO5. The van der Waals surface area contributed by atoms with Crippen molar-refractivity contribution in [2.24, 2.45) is 0 Å². The summed E-state index contributed by atoms with van der Waals surface area (Å²) in [5.74, 6) is -0.588. The Morgan fingerprint density at radius 3 is 1.20 bits per heavy atom. The first kappa shape index (κ1) is 48.0. The molecule has 49 heavy (non-hydrogen) atoms. The molecule has 0 rings (SSSR count). The minimum absolute atomic E-state index is 0.364. The fraction of sp³-hybridized carbons (Fsp3) is 0.930. The molecule has 292 valence electrons. The molecule has 6 heteroatoms. The van der Waals surface area contributed by atoms with Gasteiger partial charge in [0.05, 0.1) is 18.8 Å². The zero-order chi connectivity index (χ0) is 36.0. The van der Waals surface area contributed by atoms with Crippen LogP contribution in [0, 0.1) is 0 Å². The van der Waals surface area contributed by atoms with Crippen LogP contribution in [0.3, 0.4) is 0 Å². The average Bonchev–Trinajstić information content (AvgIpc) is 3.11. The first-order valence-electron chi connectivity index (χ1n) is 21.6. The Bertz CT molecular complexity index is 702. The second-order valence-electron chi connectivity index (χ2n) is 15.0. The molecule has 0 radical (unpaired) electrons. The van der Waals surface area contributed by atoms with E-state index in [1.165, 1.54) is 154 Å². The number of aliphatic hydroxyl groups excluding tert-OH is 4. The van der Waals surface area contributed by atoms with Crippen molar-refractivity contribution >= 4 is 5.91 Å². The first-order chi connectivity index (χ1) is 24.0. The van der Waals surface area contributed by atoms with E-state index in [1.54, 1.807) is 0 Å². The SMILES string of the molecule is CCCCCC/C=C\CCCCCCCCC(O)C(=O)NC(CO)C(O)C(O)CCCCCCCCCCCCCCCCCCCCC. The maximum atomic E-state index is 12.5. The van der Waals surface area contributed by atoms with Crippen LogP contribution in [-0.2, 0) is 4.79 Å². The van der Waals surface area contributed by atoms with Crippen LogP contribution >= 0.6 is 0 Å². The number of allylic oxidation sites excluding steroid dienone is 2. The van der Waals surface area contributed by atoms with E-state index in [4.69, 9.17) is 0 Å². The zero-order valence-corrected chi connectivity index (χ0v) is 32.7. The van der Waals surface area contributed by atoms with Crippen LogP contribution in [-0.4, -0.2) is 57.3 Å². The number of nitrogens with one attached hydrogen (secondary N) is 1. The number of carbonyl (C=O) groups excluding carboxylic acids is 1. The highest BCUT2D eigenvalue weighted by Crippen LogP contribution is 2.17. The molecule has 0 aromatic rings. The van der Waals surface area contributed by atoms with Gasteiger partial charge in [0, 0.05) is 0 Å². The van der Waals surface area contributed by atoms with E-state index in [1.807, 2.05) is 0 Å². The Morgan fingerprint density at radius 1 is 0.490 bits per heavy atom. The standard InChI is InChI=1S/C43H85NO5/c1-3-5-7-9-11-13-15-17-19-20-21-22-23-25-26-28-30-32-34-36-40(46)42(48)39(38-45)44-43(49)41(47)37-35-33-31-29-27-24-18-16-14-12-10-8-6-4-2/h14,16,39-42,45-48H,3-13,15,17-38H2,1-2H3,(H,44,49)/b16-14-. The van der Waals surface area contributed by atoms with Gasteiger partial charge in [0.15, 0.2) is 0 Å². The van der Waals surface area contributed by atoms with Crippen LogP contribution in [0.4, 0.5) is 0 Å².